The van der Waals surface area contributed by atoms with Crippen molar-refractivity contribution in [1.29, 1.82) is 0 Å². The third-order valence-electron chi connectivity index (χ3n) is 8.86. The molecule has 2 unspecified atom stereocenters. The van der Waals surface area contributed by atoms with E-state index in [9.17, 15) is 22.8 Å². The van der Waals surface area contributed by atoms with E-state index in [1.54, 1.807) is 60.4 Å². The summed E-state index contributed by atoms with van der Waals surface area (Å²) in [5.41, 5.74) is 1.44. The Morgan fingerprint density at radius 2 is 1.53 bits per heavy atom. The molecule has 0 radical (unpaired) electrons. The molecular weight excluding hydrogens is 722 g/mol. The number of hydrogen-bond acceptors (Lipinski definition) is 5. The highest BCUT2D eigenvalue weighted by molar-refractivity contribution is 7.78. The highest BCUT2D eigenvalue weighted by Gasteiger charge is 2.45. The summed E-state index contributed by atoms with van der Waals surface area (Å²) in [6, 6.07) is 23.9. The van der Waals surface area contributed by atoms with E-state index in [2.05, 4.69) is 18.1 Å². The Hall–Kier alpha value is -4.39. The average molecular weight is 757 g/mol. The van der Waals surface area contributed by atoms with Crippen molar-refractivity contribution in [2.45, 2.75) is 44.1 Å². The largest absolute Gasteiger partial charge is 0.493 e. The summed E-state index contributed by atoms with van der Waals surface area (Å²) < 4.78 is 48.6. The number of carbonyl (C=O) groups is 2. The van der Waals surface area contributed by atoms with E-state index in [1.165, 1.54) is 15.3 Å². The van der Waals surface area contributed by atoms with E-state index in [1.807, 2.05) is 30.3 Å². The summed E-state index contributed by atoms with van der Waals surface area (Å²) >= 11 is 17.0. The van der Waals surface area contributed by atoms with Gasteiger partial charge in [0.1, 0.15) is 17.6 Å². The van der Waals surface area contributed by atoms with Crippen molar-refractivity contribution < 1.29 is 27.5 Å². The fourth-order valence-electron chi connectivity index (χ4n) is 6.33. The standard InChI is InChI=1S/C37H34Cl2F3N5O3S/c1-2-50-31-22-25(37(40,41)42)12-17-30(31)34-44-32(23-8-13-26(38)14-9-23)33(24-10-15-27(39)16-11-24)46(34)36(49)45-20-18-29(19-21-45)47(51)35(48)43-28-6-4-3-5-7-28/h3-17,22,29,32-33,51H,2,18-21H2,1H3,(H,43,48). The smallest absolute Gasteiger partial charge is 0.416 e. The number of nitrogens with zero attached hydrogens (tertiary/aromatic N) is 4. The molecule has 2 atom stereocenters. The molecule has 0 aliphatic carbocycles. The number of ether oxygens (including phenoxy) is 1. The van der Waals surface area contributed by atoms with Crippen LogP contribution in [0.5, 0.6) is 5.75 Å². The van der Waals surface area contributed by atoms with Gasteiger partial charge in [0, 0.05) is 34.9 Å². The summed E-state index contributed by atoms with van der Waals surface area (Å²) in [7, 11) is 0. The predicted octanol–water partition coefficient (Wildman–Crippen LogP) is 9.92. The van der Waals surface area contributed by atoms with E-state index in [0.717, 1.165) is 17.7 Å². The predicted molar refractivity (Wildman–Crippen MR) is 196 cm³/mol. The van der Waals surface area contributed by atoms with Gasteiger partial charge in [0.2, 0.25) is 0 Å². The molecule has 1 saturated heterocycles. The Bertz CT molecular complexity index is 1890. The first-order valence-electron chi connectivity index (χ1n) is 16.3. The van der Waals surface area contributed by atoms with Crippen molar-refractivity contribution in [3.05, 3.63) is 129 Å². The maximum absolute atomic E-state index is 14.8. The number of halogens is 5. The number of likely N-dealkylation sites (tertiary alicyclic amines) is 1. The summed E-state index contributed by atoms with van der Waals surface area (Å²) in [6.07, 6.45) is -3.73. The van der Waals surface area contributed by atoms with Crippen molar-refractivity contribution in [2.75, 3.05) is 25.0 Å². The van der Waals surface area contributed by atoms with E-state index in [0.29, 0.717) is 34.1 Å². The number of anilines is 1. The van der Waals surface area contributed by atoms with Gasteiger partial charge in [-0.15, -0.1) is 0 Å². The SMILES string of the molecule is CCOc1cc(C(F)(F)F)ccc1C1=NC(c2ccc(Cl)cc2)C(c2ccc(Cl)cc2)N1C(=O)N1CCC(N(S)C(=O)Nc2ccccc2)CC1. The maximum Gasteiger partial charge on any atom is 0.416 e. The van der Waals surface area contributed by atoms with Crippen LogP contribution in [0.3, 0.4) is 0 Å². The van der Waals surface area contributed by atoms with Gasteiger partial charge in [-0.25, -0.2) is 9.59 Å². The number of piperidine rings is 1. The Kier molecular flexibility index (Phi) is 11.0. The first-order valence-corrected chi connectivity index (χ1v) is 17.5. The van der Waals surface area contributed by atoms with Crippen LogP contribution in [0.25, 0.3) is 0 Å². The van der Waals surface area contributed by atoms with E-state index < -0.39 is 29.9 Å². The van der Waals surface area contributed by atoms with E-state index >= 15 is 0 Å². The number of nitrogens with one attached hydrogen (secondary N) is 1. The quantitative estimate of drug-likeness (QED) is 0.185. The molecule has 0 aromatic heterocycles. The first-order chi connectivity index (χ1) is 24.4. The van der Waals surface area contributed by atoms with Gasteiger partial charge in [-0.1, -0.05) is 78.5 Å². The molecule has 4 amide bonds. The molecular formula is C37H34Cl2F3N5O3S. The molecule has 0 spiro atoms. The molecule has 2 aliphatic heterocycles. The Morgan fingerprint density at radius 3 is 2.12 bits per heavy atom. The highest BCUT2D eigenvalue weighted by atomic mass is 35.5. The molecule has 1 N–H and O–H groups in total. The number of urea groups is 2. The number of para-hydroxylation sites is 1. The summed E-state index contributed by atoms with van der Waals surface area (Å²) in [4.78, 5) is 36.0. The monoisotopic (exact) mass is 755 g/mol. The minimum Gasteiger partial charge on any atom is -0.493 e. The first kappa shape index (κ1) is 36.4. The minimum atomic E-state index is -4.61. The summed E-state index contributed by atoms with van der Waals surface area (Å²) in [5.74, 6) is 0.113. The number of aliphatic imine (C=N–C) groups is 1. The van der Waals surface area contributed by atoms with Crippen LogP contribution in [0.2, 0.25) is 10.0 Å². The number of rotatable bonds is 7. The van der Waals surface area contributed by atoms with Crippen LogP contribution in [0.4, 0.5) is 28.4 Å². The third-order valence-corrected chi connectivity index (χ3v) is 9.87. The average Bonchev–Trinajstić information content (AvgIpc) is 3.52. The van der Waals surface area contributed by atoms with Crippen molar-refractivity contribution in [3.8, 4) is 5.75 Å². The van der Waals surface area contributed by atoms with Crippen molar-refractivity contribution >= 4 is 59.6 Å². The number of carbonyl (C=O) groups excluding carboxylic acids is 2. The van der Waals surface area contributed by atoms with Crippen molar-refractivity contribution in [3.63, 3.8) is 0 Å². The number of alkyl halides is 3. The molecule has 51 heavy (non-hydrogen) atoms. The van der Waals surface area contributed by atoms with Crippen LogP contribution < -0.4 is 10.1 Å². The zero-order chi connectivity index (χ0) is 36.3. The Labute approximate surface area is 309 Å². The maximum atomic E-state index is 14.8. The van der Waals surface area contributed by atoms with E-state index in [-0.39, 0.29) is 48.9 Å². The zero-order valence-corrected chi connectivity index (χ0v) is 29.8. The molecule has 14 heteroatoms. The second kappa shape index (κ2) is 15.5. The second-order valence-corrected chi connectivity index (χ2v) is 13.4. The molecule has 4 aromatic rings. The molecule has 6 rings (SSSR count). The van der Waals surface area contributed by atoms with Crippen LogP contribution in [-0.2, 0) is 6.18 Å². The molecule has 2 heterocycles. The number of amidine groups is 1. The van der Waals surface area contributed by atoms with Crippen LogP contribution in [-0.4, -0.2) is 57.7 Å². The third kappa shape index (κ3) is 8.08. The number of thiol groups is 1. The van der Waals surface area contributed by atoms with Crippen LogP contribution in [0, 0.1) is 0 Å². The van der Waals surface area contributed by atoms with Crippen LogP contribution in [0.1, 0.15) is 54.1 Å². The molecule has 2 aliphatic rings. The molecule has 1 fully saturated rings. The lowest BCUT2D eigenvalue weighted by molar-refractivity contribution is -0.137. The van der Waals surface area contributed by atoms with Gasteiger partial charge in [-0.2, -0.15) is 13.2 Å². The number of benzene rings is 4. The van der Waals surface area contributed by atoms with Gasteiger partial charge in [0.05, 0.1) is 23.8 Å². The normalized spacial score (nSPS) is 18.0. The topological polar surface area (TPSA) is 77.5 Å². The highest BCUT2D eigenvalue weighted by Crippen LogP contribution is 2.46. The minimum absolute atomic E-state index is 0.0515. The Balaban J connectivity index is 1.36. The number of amides is 4. The fourth-order valence-corrected chi connectivity index (χ4v) is 6.87. The molecule has 266 valence electrons. The van der Waals surface area contributed by atoms with Crippen molar-refractivity contribution in [2.24, 2.45) is 4.99 Å². The summed E-state index contributed by atoms with van der Waals surface area (Å²) in [5, 5.41) is 3.83. The van der Waals surface area contributed by atoms with Gasteiger partial charge in [0.25, 0.3) is 0 Å². The van der Waals surface area contributed by atoms with Gasteiger partial charge < -0.3 is 15.0 Å². The van der Waals surface area contributed by atoms with Gasteiger partial charge in [-0.3, -0.25) is 14.2 Å². The van der Waals surface area contributed by atoms with Gasteiger partial charge in [0.15, 0.2) is 0 Å². The lowest BCUT2D eigenvalue weighted by Crippen LogP contribution is -2.52. The molecule has 0 bridgehead atoms. The van der Waals surface area contributed by atoms with Crippen LogP contribution in [0.15, 0.2) is 102 Å². The number of hydrogen-bond donors (Lipinski definition) is 2. The lowest BCUT2D eigenvalue weighted by atomic mass is 9.93. The summed E-state index contributed by atoms with van der Waals surface area (Å²) in [6.45, 7) is 2.33. The van der Waals surface area contributed by atoms with Gasteiger partial charge >= 0.3 is 18.2 Å². The van der Waals surface area contributed by atoms with Crippen LogP contribution >= 0.6 is 36.0 Å². The van der Waals surface area contributed by atoms with E-state index in [4.69, 9.17) is 32.9 Å². The fraction of sp³-hybridized carbons (Fsp3) is 0.270. The molecule has 0 saturated carbocycles. The second-order valence-electron chi connectivity index (χ2n) is 12.1. The zero-order valence-electron chi connectivity index (χ0n) is 27.4. The molecule has 8 nitrogen and oxygen atoms in total. The van der Waals surface area contributed by atoms with Crippen molar-refractivity contribution in [1.82, 2.24) is 14.1 Å². The Morgan fingerprint density at radius 1 is 0.922 bits per heavy atom. The van der Waals surface area contributed by atoms with Gasteiger partial charge in [-0.05, 0) is 85.5 Å². The lowest BCUT2D eigenvalue weighted by Gasteiger charge is -2.39. The molecule has 4 aromatic carbocycles.